The fourth-order valence-corrected chi connectivity index (χ4v) is 5.62. The number of hydrogen-bond donors (Lipinski definition) is 1. The minimum Gasteiger partial charge on any atom is -0.352 e. The highest BCUT2D eigenvalue weighted by molar-refractivity contribution is 7.92. The number of halogens is 2. The van der Waals surface area contributed by atoms with E-state index >= 15 is 0 Å². The lowest BCUT2D eigenvalue weighted by molar-refractivity contribution is -0.140. The van der Waals surface area contributed by atoms with E-state index in [-0.39, 0.29) is 29.2 Å². The summed E-state index contributed by atoms with van der Waals surface area (Å²) < 4.78 is 39.9. The number of benzene rings is 2. The number of rotatable bonds is 10. The quantitative estimate of drug-likeness (QED) is 0.459. The van der Waals surface area contributed by atoms with Crippen LogP contribution in [0.15, 0.2) is 42.5 Å². The number of sulfonamides is 1. The molecule has 2 amide bonds. The van der Waals surface area contributed by atoms with Crippen molar-refractivity contribution in [2.75, 3.05) is 17.1 Å². The van der Waals surface area contributed by atoms with Gasteiger partial charge in [-0.15, -0.1) is 0 Å². The van der Waals surface area contributed by atoms with Crippen LogP contribution < -0.4 is 9.62 Å². The van der Waals surface area contributed by atoms with E-state index in [4.69, 9.17) is 11.6 Å². The summed E-state index contributed by atoms with van der Waals surface area (Å²) in [6.07, 6.45) is 6.39. The van der Waals surface area contributed by atoms with Crippen molar-refractivity contribution < 1.29 is 22.4 Å². The molecule has 0 spiro atoms. The monoisotopic (exact) mass is 551 g/mol. The summed E-state index contributed by atoms with van der Waals surface area (Å²) in [4.78, 5) is 28.5. The van der Waals surface area contributed by atoms with Crippen LogP contribution in [0.3, 0.4) is 0 Å². The fraction of sp³-hybridized carbons (Fsp3) is 0.481. The second-order valence-corrected chi connectivity index (χ2v) is 12.0. The number of aryl methyl sites for hydroxylation is 1. The van der Waals surface area contributed by atoms with Gasteiger partial charge < -0.3 is 10.2 Å². The molecule has 202 valence electrons. The van der Waals surface area contributed by atoms with E-state index in [1.807, 2.05) is 38.1 Å². The number of amides is 2. The van der Waals surface area contributed by atoms with E-state index in [0.29, 0.717) is 6.42 Å². The van der Waals surface area contributed by atoms with E-state index in [1.165, 1.54) is 17.0 Å². The zero-order valence-electron chi connectivity index (χ0n) is 21.5. The van der Waals surface area contributed by atoms with E-state index in [9.17, 15) is 22.4 Å². The van der Waals surface area contributed by atoms with Gasteiger partial charge in [0.1, 0.15) is 18.4 Å². The molecule has 0 aliphatic heterocycles. The molecule has 2 aromatic rings. The summed E-state index contributed by atoms with van der Waals surface area (Å²) in [5.74, 6) is -1.49. The molecule has 10 heteroatoms. The van der Waals surface area contributed by atoms with Gasteiger partial charge in [0.15, 0.2) is 0 Å². The van der Waals surface area contributed by atoms with Gasteiger partial charge >= 0.3 is 0 Å². The molecule has 0 saturated heterocycles. The lowest BCUT2D eigenvalue weighted by Crippen LogP contribution is -2.53. The third kappa shape index (κ3) is 7.92. The largest absolute Gasteiger partial charge is 0.352 e. The van der Waals surface area contributed by atoms with Gasteiger partial charge in [0.25, 0.3) is 0 Å². The van der Waals surface area contributed by atoms with Gasteiger partial charge in [-0.3, -0.25) is 13.9 Å². The molecule has 1 aliphatic carbocycles. The van der Waals surface area contributed by atoms with Gasteiger partial charge in [0, 0.05) is 12.6 Å². The van der Waals surface area contributed by atoms with Crippen molar-refractivity contribution in [2.45, 2.75) is 71.0 Å². The highest BCUT2D eigenvalue weighted by Gasteiger charge is 2.33. The van der Waals surface area contributed by atoms with Crippen molar-refractivity contribution in [2.24, 2.45) is 0 Å². The van der Waals surface area contributed by atoms with Crippen LogP contribution >= 0.6 is 11.6 Å². The van der Waals surface area contributed by atoms with E-state index in [0.717, 1.165) is 59.9 Å². The summed E-state index contributed by atoms with van der Waals surface area (Å²) in [6, 6.07) is 10.4. The molecule has 1 aliphatic rings. The van der Waals surface area contributed by atoms with Crippen molar-refractivity contribution in [3.05, 3.63) is 64.4 Å². The zero-order valence-corrected chi connectivity index (χ0v) is 23.1. The van der Waals surface area contributed by atoms with Crippen molar-refractivity contribution in [1.82, 2.24) is 10.2 Å². The molecule has 1 N–H and O–H groups in total. The molecule has 0 aromatic heterocycles. The van der Waals surface area contributed by atoms with Crippen molar-refractivity contribution >= 4 is 39.1 Å². The number of anilines is 1. The molecule has 37 heavy (non-hydrogen) atoms. The van der Waals surface area contributed by atoms with E-state index < -0.39 is 34.3 Å². The number of nitrogens with one attached hydrogen (secondary N) is 1. The molecule has 1 saturated carbocycles. The minimum absolute atomic E-state index is 0.0669. The topological polar surface area (TPSA) is 86.8 Å². The van der Waals surface area contributed by atoms with Gasteiger partial charge in [-0.25, -0.2) is 12.8 Å². The second-order valence-electron chi connectivity index (χ2n) is 9.64. The summed E-state index contributed by atoms with van der Waals surface area (Å²) in [5.41, 5.74) is 1.94. The molecular weight excluding hydrogens is 517 g/mol. The first kappa shape index (κ1) is 28.9. The molecule has 3 rings (SSSR count). The van der Waals surface area contributed by atoms with Gasteiger partial charge in [-0.1, -0.05) is 67.6 Å². The van der Waals surface area contributed by atoms with Gasteiger partial charge in [0.2, 0.25) is 21.8 Å². The standard InChI is InChI=1S/C27H35ClFN3O4S/c1-4-25(27(34)30-21-8-6-5-7-9-21)31(17-20-12-10-19(2)11-13-20)26(33)18-32(37(3,35)36)22-14-15-24(29)23(28)16-22/h10-16,21,25H,4-9,17-18H2,1-3H3,(H,30,34). The maximum absolute atomic E-state index is 13.7. The third-order valence-corrected chi connectivity index (χ3v) is 8.11. The molecule has 2 aromatic carbocycles. The second kappa shape index (κ2) is 12.7. The summed E-state index contributed by atoms with van der Waals surface area (Å²) in [6.45, 7) is 3.36. The SMILES string of the molecule is CCC(C(=O)NC1CCCCC1)N(Cc1ccc(C)cc1)C(=O)CN(c1ccc(F)c(Cl)c1)S(C)(=O)=O. The maximum Gasteiger partial charge on any atom is 0.244 e. The summed E-state index contributed by atoms with van der Waals surface area (Å²) in [7, 11) is -3.93. The average molecular weight is 552 g/mol. The highest BCUT2D eigenvalue weighted by Crippen LogP contribution is 2.25. The predicted octanol–water partition coefficient (Wildman–Crippen LogP) is 4.81. The Labute approximate surface area is 224 Å². The van der Waals surface area contributed by atoms with E-state index in [1.54, 1.807) is 0 Å². The molecule has 1 atom stereocenters. The Bertz CT molecular complexity index is 1200. The number of carbonyl (C=O) groups excluding carboxylic acids is 2. The van der Waals surface area contributed by atoms with Gasteiger partial charge in [0.05, 0.1) is 17.0 Å². The van der Waals surface area contributed by atoms with Gasteiger partial charge in [-0.2, -0.15) is 0 Å². The number of nitrogens with zero attached hydrogens (tertiary/aromatic N) is 2. The minimum atomic E-state index is -3.93. The van der Waals surface area contributed by atoms with Crippen molar-refractivity contribution in [3.8, 4) is 0 Å². The van der Waals surface area contributed by atoms with Crippen molar-refractivity contribution in [1.29, 1.82) is 0 Å². The Morgan fingerprint density at radius 3 is 2.32 bits per heavy atom. The lowest BCUT2D eigenvalue weighted by atomic mass is 9.95. The zero-order chi connectivity index (χ0) is 27.2. The Morgan fingerprint density at radius 1 is 1.11 bits per heavy atom. The van der Waals surface area contributed by atoms with Crippen LogP contribution in [0.2, 0.25) is 5.02 Å². The van der Waals surface area contributed by atoms with Crippen LogP contribution in [0.4, 0.5) is 10.1 Å². The van der Waals surface area contributed by atoms with Crippen LogP contribution in [0.5, 0.6) is 0 Å². The van der Waals surface area contributed by atoms with Crippen LogP contribution in [0.25, 0.3) is 0 Å². The molecule has 0 radical (unpaired) electrons. The first-order valence-electron chi connectivity index (χ1n) is 12.6. The molecule has 1 fully saturated rings. The first-order chi connectivity index (χ1) is 17.5. The summed E-state index contributed by atoms with van der Waals surface area (Å²) >= 11 is 5.89. The van der Waals surface area contributed by atoms with Crippen molar-refractivity contribution in [3.63, 3.8) is 0 Å². The lowest BCUT2D eigenvalue weighted by Gasteiger charge is -2.34. The molecule has 7 nitrogen and oxygen atoms in total. The molecule has 1 unspecified atom stereocenters. The predicted molar refractivity (Wildman–Crippen MR) is 144 cm³/mol. The fourth-order valence-electron chi connectivity index (χ4n) is 4.61. The molecule has 0 bridgehead atoms. The smallest absolute Gasteiger partial charge is 0.244 e. The molecular formula is C27H35ClFN3O4S. The first-order valence-corrected chi connectivity index (χ1v) is 14.8. The Balaban J connectivity index is 1.92. The normalized spacial score (nSPS) is 15.2. The molecule has 0 heterocycles. The number of hydrogen-bond acceptors (Lipinski definition) is 4. The Hall–Kier alpha value is -2.65. The maximum atomic E-state index is 13.7. The Morgan fingerprint density at radius 2 is 1.76 bits per heavy atom. The van der Waals surface area contributed by atoms with Gasteiger partial charge in [-0.05, 0) is 49.9 Å². The van der Waals surface area contributed by atoms with Crippen LogP contribution in [-0.2, 0) is 26.2 Å². The van der Waals surface area contributed by atoms with Crippen LogP contribution in [0, 0.1) is 12.7 Å². The third-order valence-electron chi connectivity index (χ3n) is 6.68. The Kier molecular flexibility index (Phi) is 9.95. The number of carbonyl (C=O) groups is 2. The van der Waals surface area contributed by atoms with Crippen LogP contribution in [-0.4, -0.2) is 50.0 Å². The van der Waals surface area contributed by atoms with E-state index in [2.05, 4.69) is 5.32 Å². The van der Waals surface area contributed by atoms with Crippen LogP contribution in [0.1, 0.15) is 56.6 Å². The summed E-state index contributed by atoms with van der Waals surface area (Å²) in [5, 5.41) is 2.85. The average Bonchev–Trinajstić information content (AvgIpc) is 2.85. The highest BCUT2D eigenvalue weighted by atomic mass is 35.5.